The smallest absolute Gasteiger partial charge is 0.0143 e. The Morgan fingerprint density at radius 2 is 1.89 bits per heavy atom. The van der Waals surface area contributed by atoms with Crippen molar-refractivity contribution in [1.82, 2.24) is 0 Å². The van der Waals surface area contributed by atoms with Crippen LogP contribution >= 0.6 is 0 Å². The molecule has 5 atom stereocenters. The zero-order valence-electron chi connectivity index (χ0n) is 18.8. The van der Waals surface area contributed by atoms with Crippen LogP contribution in [-0.4, -0.2) is 0 Å². The Labute approximate surface area is 177 Å². The molecule has 0 N–H and O–H groups in total. The van der Waals surface area contributed by atoms with Gasteiger partial charge in [-0.05, 0) is 91.9 Å². The standard InChI is InChI=1S/C27H44.CH4/c1-19(2)21(4)9-7-11-25-14-15-26-23(10-8-16-27(25,26)6)12-13-24-18-20(3)17-22(24)5;/h12-13,19-21,25-26H,5,7-11,14-18H2,1-4,6H3;1H4/b23-12+,24-13+;. The Bertz CT molecular complexity index is 589. The minimum Gasteiger partial charge on any atom is -0.0955 e. The lowest BCUT2D eigenvalue weighted by atomic mass is 9.62. The second kappa shape index (κ2) is 9.82. The molecular formula is C28H48. The lowest BCUT2D eigenvalue weighted by Crippen LogP contribution is -2.33. The van der Waals surface area contributed by atoms with Crippen LogP contribution in [0.15, 0.2) is 35.5 Å². The van der Waals surface area contributed by atoms with Crippen LogP contribution in [0.2, 0.25) is 0 Å². The van der Waals surface area contributed by atoms with Crippen molar-refractivity contribution in [2.24, 2.45) is 35.0 Å². The van der Waals surface area contributed by atoms with Gasteiger partial charge in [0, 0.05) is 0 Å². The van der Waals surface area contributed by atoms with Gasteiger partial charge in [0.1, 0.15) is 0 Å². The van der Waals surface area contributed by atoms with Crippen LogP contribution in [0.4, 0.5) is 0 Å². The van der Waals surface area contributed by atoms with Gasteiger partial charge in [0.15, 0.2) is 0 Å². The van der Waals surface area contributed by atoms with Crippen LogP contribution in [0.5, 0.6) is 0 Å². The van der Waals surface area contributed by atoms with Crippen LogP contribution in [0, 0.1) is 35.0 Å². The molecule has 3 aliphatic carbocycles. The van der Waals surface area contributed by atoms with Gasteiger partial charge < -0.3 is 0 Å². The second-order valence-corrected chi connectivity index (χ2v) is 10.9. The van der Waals surface area contributed by atoms with Crippen molar-refractivity contribution in [3.8, 4) is 0 Å². The first kappa shape index (κ1) is 23.5. The summed E-state index contributed by atoms with van der Waals surface area (Å²) in [6.45, 7) is 16.5. The summed E-state index contributed by atoms with van der Waals surface area (Å²) in [5, 5.41) is 0. The molecule has 0 bridgehead atoms. The van der Waals surface area contributed by atoms with E-state index in [-0.39, 0.29) is 7.43 Å². The molecule has 28 heavy (non-hydrogen) atoms. The highest BCUT2D eigenvalue weighted by Crippen LogP contribution is 2.58. The first-order valence-corrected chi connectivity index (χ1v) is 11.9. The molecule has 0 aliphatic heterocycles. The van der Waals surface area contributed by atoms with Crippen molar-refractivity contribution in [2.75, 3.05) is 0 Å². The van der Waals surface area contributed by atoms with Crippen molar-refractivity contribution in [3.05, 3.63) is 35.5 Å². The fourth-order valence-electron chi connectivity index (χ4n) is 6.38. The average molecular weight is 385 g/mol. The monoisotopic (exact) mass is 384 g/mol. The molecule has 0 saturated heterocycles. The Hall–Kier alpha value is -0.780. The highest BCUT2D eigenvalue weighted by Gasteiger charge is 2.48. The van der Waals surface area contributed by atoms with Gasteiger partial charge in [-0.15, -0.1) is 0 Å². The zero-order valence-corrected chi connectivity index (χ0v) is 18.8. The van der Waals surface area contributed by atoms with Crippen molar-refractivity contribution in [1.29, 1.82) is 0 Å². The molecule has 0 heterocycles. The first-order valence-electron chi connectivity index (χ1n) is 11.9. The van der Waals surface area contributed by atoms with Crippen LogP contribution in [0.3, 0.4) is 0 Å². The third-order valence-corrected chi connectivity index (χ3v) is 8.63. The fourth-order valence-corrected chi connectivity index (χ4v) is 6.38. The molecule has 0 heteroatoms. The maximum Gasteiger partial charge on any atom is -0.0143 e. The third-order valence-electron chi connectivity index (χ3n) is 8.63. The molecule has 3 aliphatic rings. The quantitative estimate of drug-likeness (QED) is 0.428. The van der Waals surface area contributed by atoms with E-state index in [1.807, 2.05) is 0 Å². The predicted octanol–water partition coefficient (Wildman–Crippen LogP) is 9.14. The van der Waals surface area contributed by atoms with Crippen molar-refractivity contribution in [3.63, 3.8) is 0 Å². The van der Waals surface area contributed by atoms with Gasteiger partial charge in [-0.1, -0.05) is 84.8 Å². The minimum atomic E-state index is 0. The number of fused-ring (bicyclic) bond motifs is 1. The number of hydrogen-bond donors (Lipinski definition) is 0. The van der Waals surface area contributed by atoms with E-state index in [0.717, 1.165) is 29.6 Å². The number of hydrogen-bond acceptors (Lipinski definition) is 0. The average Bonchev–Trinajstić information content (AvgIpc) is 3.11. The van der Waals surface area contributed by atoms with Crippen molar-refractivity contribution >= 4 is 0 Å². The maximum absolute atomic E-state index is 4.30. The van der Waals surface area contributed by atoms with Crippen molar-refractivity contribution < 1.29 is 0 Å². The summed E-state index contributed by atoms with van der Waals surface area (Å²) in [5.41, 5.74) is 5.26. The maximum atomic E-state index is 4.30. The summed E-state index contributed by atoms with van der Waals surface area (Å²) in [4.78, 5) is 0. The summed E-state index contributed by atoms with van der Waals surface area (Å²) in [6, 6.07) is 0. The molecule has 0 radical (unpaired) electrons. The van der Waals surface area contributed by atoms with Gasteiger partial charge in [0.05, 0.1) is 0 Å². The molecule has 3 saturated carbocycles. The topological polar surface area (TPSA) is 0 Å². The van der Waals surface area contributed by atoms with E-state index in [2.05, 4.69) is 53.3 Å². The Kier molecular flexibility index (Phi) is 8.24. The number of rotatable bonds is 6. The van der Waals surface area contributed by atoms with Gasteiger partial charge in [-0.3, -0.25) is 0 Å². The molecule has 0 spiro atoms. The summed E-state index contributed by atoms with van der Waals surface area (Å²) in [5.74, 6) is 4.32. The van der Waals surface area contributed by atoms with E-state index in [1.54, 1.807) is 5.57 Å². The third kappa shape index (κ3) is 5.03. The van der Waals surface area contributed by atoms with Crippen LogP contribution in [0.1, 0.15) is 106 Å². The molecule has 0 nitrogen and oxygen atoms in total. The van der Waals surface area contributed by atoms with Gasteiger partial charge in [-0.25, -0.2) is 0 Å². The number of allylic oxidation sites excluding steroid dienone is 5. The molecule has 160 valence electrons. The Morgan fingerprint density at radius 3 is 2.54 bits per heavy atom. The lowest BCUT2D eigenvalue weighted by molar-refractivity contribution is 0.125. The van der Waals surface area contributed by atoms with E-state index < -0.39 is 0 Å². The van der Waals surface area contributed by atoms with Crippen LogP contribution in [0.25, 0.3) is 0 Å². The molecule has 3 rings (SSSR count). The van der Waals surface area contributed by atoms with Crippen LogP contribution in [-0.2, 0) is 0 Å². The van der Waals surface area contributed by atoms with E-state index in [4.69, 9.17) is 0 Å². The minimum absolute atomic E-state index is 0. The normalized spacial score (nSPS) is 36.8. The molecule has 3 fully saturated rings. The van der Waals surface area contributed by atoms with Gasteiger partial charge >= 0.3 is 0 Å². The molecular weight excluding hydrogens is 336 g/mol. The molecule has 0 aromatic rings. The summed E-state index contributed by atoms with van der Waals surface area (Å²) < 4.78 is 0. The molecule has 0 amide bonds. The largest absolute Gasteiger partial charge is 0.0955 e. The van der Waals surface area contributed by atoms with E-state index >= 15 is 0 Å². The second-order valence-electron chi connectivity index (χ2n) is 10.9. The van der Waals surface area contributed by atoms with E-state index in [9.17, 15) is 0 Å². The van der Waals surface area contributed by atoms with Crippen LogP contribution < -0.4 is 0 Å². The summed E-state index contributed by atoms with van der Waals surface area (Å²) >= 11 is 0. The highest BCUT2D eigenvalue weighted by atomic mass is 14.5. The van der Waals surface area contributed by atoms with Crippen molar-refractivity contribution in [2.45, 2.75) is 106 Å². The van der Waals surface area contributed by atoms with Gasteiger partial charge in [-0.2, -0.15) is 0 Å². The summed E-state index contributed by atoms with van der Waals surface area (Å²) in [7, 11) is 0. The van der Waals surface area contributed by atoms with Gasteiger partial charge in [0.2, 0.25) is 0 Å². The highest BCUT2D eigenvalue weighted by molar-refractivity contribution is 5.37. The zero-order chi connectivity index (χ0) is 19.6. The predicted molar refractivity (Wildman–Crippen MR) is 126 cm³/mol. The van der Waals surface area contributed by atoms with Gasteiger partial charge in [0.25, 0.3) is 0 Å². The van der Waals surface area contributed by atoms with E-state index in [1.165, 1.54) is 75.4 Å². The summed E-state index contributed by atoms with van der Waals surface area (Å²) in [6.07, 6.45) is 18.8. The Balaban J connectivity index is 0.00000280. The molecule has 0 aromatic heterocycles. The SMILES string of the molecule is C.C=C1CC(C)C/C1=C\C=C1/CCCC2(C)C(CCCC(C)C(C)C)CCC12. The first-order chi connectivity index (χ1) is 12.8. The molecule has 0 aromatic carbocycles. The Morgan fingerprint density at radius 1 is 1.14 bits per heavy atom. The van der Waals surface area contributed by atoms with E-state index in [0.29, 0.717) is 5.41 Å². The molecule has 5 unspecified atom stereocenters. The fraction of sp³-hybridized carbons (Fsp3) is 0.786. The lowest BCUT2D eigenvalue weighted by Gasteiger charge is -2.42.